The van der Waals surface area contributed by atoms with Gasteiger partial charge in [-0.3, -0.25) is 14.1 Å². The van der Waals surface area contributed by atoms with Crippen LogP contribution >= 0.6 is 0 Å². The smallest absolute Gasteiger partial charge is 0.328 e. The van der Waals surface area contributed by atoms with E-state index in [1.54, 1.807) is 0 Å². The van der Waals surface area contributed by atoms with Gasteiger partial charge in [0.1, 0.15) is 0 Å². The summed E-state index contributed by atoms with van der Waals surface area (Å²) in [5, 5.41) is 18.0. The van der Waals surface area contributed by atoms with Crippen LogP contribution in [0.4, 0.5) is 0 Å². The summed E-state index contributed by atoms with van der Waals surface area (Å²) in [6, 6.07) is 0. The third-order valence-corrected chi connectivity index (χ3v) is 6.52. The van der Waals surface area contributed by atoms with Crippen molar-refractivity contribution in [1.82, 2.24) is 0 Å². The summed E-state index contributed by atoms with van der Waals surface area (Å²) >= 11 is 0. The zero-order valence-electron chi connectivity index (χ0n) is 17.0. The van der Waals surface area contributed by atoms with E-state index in [1.807, 2.05) is 0 Å². The minimum atomic E-state index is -5.03. The Kier molecular flexibility index (Phi) is 13.0. The molecule has 0 bridgehead atoms. The van der Waals surface area contributed by atoms with E-state index in [1.165, 1.54) is 37.7 Å². The Bertz CT molecular complexity index is 598. The first-order valence-electron chi connectivity index (χ1n) is 10.1. The SMILES string of the molecule is C=C(C)CCCCCCCCCCCCCC(CC(=O)O)(C(=O)O)S(=O)(=O)O. The van der Waals surface area contributed by atoms with Crippen molar-refractivity contribution in [3.8, 4) is 0 Å². The molecule has 1 atom stereocenters. The molecule has 0 saturated carbocycles. The van der Waals surface area contributed by atoms with Gasteiger partial charge in [0.15, 0.2) is 0 Å². The van der Waals surface area contributed by atoms with E-state index >= 15 is 0 Å². The monoisotopic (exact) mass is 420 g/mol. The number of hydrogen-bond acceptors (Lipinski definition) is 4. The molecule has 0 aromatic rings. The molecular weight excluding hydrogens is 384 g/mol. The van der Waals surface area contributed by atoms with E-state index in [-0.39, 0.29) is 6.42 Å². The zero-order chi connectivity index (χ0) is 21.6. The van der Waals surface area contributed by atoms with Gasteiger partial charge in [0, 0.05) is 0 Å². The van der Waals surface area contributed by atoms with Crippen molar-refractivity contribution in [2.75, 3.05) is 0 Å². The highest BCUT2D eigenvalue weighted by molar-refractivity contribution is 7.88. The highest BCUT2D eigenvalue weighted by atomic mass is 32.2. The molecule has 28 heavy (non-hydrogen) atoms. The summed E-state index contributed by atoms with van der Waals surface area (Å²) in [7, 11) is -5.03. The van der Waals surface area contributed by atoms with Crippen LogP contribution in [-0.2, 0) is 19.7 Å². The van der Waals surface area contributed by atoms with Crippen molar-refractivity contribution in [1.29, 1.82) is 0 Å². The van der Waals surface area contributed by atoms with E-state index in [0.29, 0.717) is 6.42 Å². The van der Waals surface area contributed by atoms with Crippen LogP contribution in [0.3, 0.4) is 0 Å². The molecule has 0 aromatic heterocycles. The fourth-order valence-corrected chi connectivity index (χ4v) is 4.20. The first-order chi connectivity index (χ1) is 13.0. The van der Waals surface area contributed by atoms with Gasteiger partial charge in [-0.2, -0.15) is 8.42 Å². The molecule has 0 spiro atoms. The molecule has 0 radical (unpaired) electrons. The third kappa shape index (κ3) is 10.8. The van der Waals surface area contributed by atoms with Crippen LogP contribution < -0.4 is 0 Å². The van der Waals surface area contributed by atoms with Gasteiger partial charge >= 0.3 is 11.9 Å². The molecule has 0 heterocycles. The second kappa shape index (κ2) is 13.7. The Labute approximate surface area is 169 Å². The molecule has 3 N–H and O–H groups in total. The molecular formula is C20H36O7S. The number of allylic oxidation sites excluding steroid dienone is 1. The number of aliphatic carboxylic acids is 2. The number of unbranched alkanes of at least 4 members (excludes halogenated alkanes) is 10. The van der Waals surface area contributed by atoms with E-state index < -0.39 is 39.6 Å². The lowest BCUT2D eigenvalue weighted by atomic mass is 9.96. The van der Waals surface area contributed by atoms with Crippen LogP contribution in [0.25, 0.3) is 0 Å². The van der Waals surface area contributed by atoms with E-state index in [0.717, 1.165) is 32.1 Å². The van der Waals surface area contributed by atoms with E-state index in [2.05, 4.69) is 13.5 Å². The summed E-state index contributed by atoms with van der Waals surface area (Å²) in [6.45, 7) is 5.95. The second-order valence-corrected chi connectivity index (χ2v) is 9.42. The molecule has 164 valence electrons. The van der Waals surface area contributed by atoms with Crippen molar-refractivity contribution in [3.63, 3.8) is 0 Å². The highest BCUT2D eigenvalue weighted by Crippen LogP contribution is 2.29. The molecule has 0 aromatic carbocycles. The van der Waals surface area contributed by atoms with Crippen LogP contribution in [0.2, 0.25) is 0 Å². The predicted octanol–water partition coefficient (Wildman–Crippen LogP) is 4.82. The maximum absolute atomic E-state index is 11.5. The molecule has 0 aliphatic heterocycles. The maximum atomic E-state index is 11.5. The first kappa shape index (κ1) is 26.6. The highest BCUT2D eigenvalue weighted by Gasteiger charge is 2.51. The number of carboxylic acid groups (broad SMARTS) is 2. The van der Waals surface area contributed by atoms with Crippen LogP contribution in [0.15, 0.2) is 12.2 Å². The minimum Gasteiger partial charge on any atom is -0.481 e. The van der Waals surface area contributed by atoms with Gasteiger partial charge in [0.2, 0.25) is 4.75 Å². The lowest BCUT2D eigenvalue weighted by Gasteiger charge is -2.24. The summed E-state index contributed by atoms with van der Waals surface area (Å²) in [6.07, 6.45) is 10.5. The van der Waals surface area contributed by atoms with Crippen LogP contribution in [-0.4, -0.2) is 39.9 Å². The molecule has 1 unspecified atom stereocenters. The van der Waals surface area contributed by atoms with Gasteiger partial charge in [0.05, 0.1) is 6.42 Å². The lowest BCUT2D eigenvalue weighted by molar-refractivity contribution is -0.147. The quantitative estimate of drug-likeness (QED) is 0.165. The maximum Gasteiger partial charge on any atom is 0.328 e. The van der Waals surface area contributed by atoms with E-state index in [4.69, 9.17) is 5.11 Å². The summed E-state index contributed by atoms with van der Waals surface area (Å²) in [4.78, 5) is 22.2. The standard InChI is InChI=1S/C20H36O7S/c1-17(2)14-12-10-8-6-4-3-5-7-9-11-13-15-20(19(23)24,16-18(21)22)28(25,26)27/h1,3-16H2,2H3,(H,21,22)(H,23,24)(H,25,26,27). The molecule has 0 saturated heterocycles. The minimum absolute atomic E-state index is 0.238. The van der Waals surface area contributed by atoms with Gasteiger partial charge in [0.25, 0.3) is 10.1 Å². The van der Waals surface area contributed by atoms with Crippen molar-refractivity contribution in [2.45, 2.75) is 102 Å². The third-order valence-electron chi connectivity index (χ3n) is 5.00. The number of carbonyl (C=O) groups is 2. The average molecular weight is 421 g/mol. The summed E-state index contributed by atoms with van der Waals surface area (Å²) in [5.41, 5.74) is 1.24. The fourth-order valence-electron chi connectivity index (χ4n) is 3.27. The molecule has 0 fully saturated rings. The second-order valence-electron chi connectivity index (χ2n) is 7.69. The first-order valence-corrected chi connectivity index (χ1v) is 11.5. The van der Waals surface area contributed by atoms with Crippen molar-refractivity contribution in [2.24, 2.45) is 0 Å². The van der Waals surface area contributed by atoms with Crippen LogP contribution in [0.1, 0.15) is 96.8 Å². The molecule has 0 rings (SSSR count). The Morgan fingerprint density at radius 1 is 0.821 bits per heavy atom. The molecule has 8 heteroatoms. The average Bonchev–Trinajstić information content (AvgIpc) is 2.55. The number of rotatable bonds is 18. The normalized spacial score (nSPS) is 13.8. The van der Waals surface area contributed by atoms with Gasteiger partial charge in [-0.25, -0.2) is 0 Å². The summed E-state index contributed by atoms with van der Waals surface area (Å²) < 4.78 is 29.6. The largest absolute Gasteiger partial charge is 0.481 e. The van der Waals surface area contributed by atoms with Crippen LogP contribution in [0, 0.1) is 0 Å². The van der Waals surface area contributed by atoms with Gasteiger partial charge < -0.3 is 10.2 Å². The number of carboxylic acids is 2. The van der Waals surface area contributed by atoms with Gasteiger partial charge in [-0.05, 0) is 26.2 Å². The van der Waals surface area contributed by atoms with E-state index in [9.17, 15) is 27.7 Å². The Morgan fingerprint density at radius 3 is 1.54 bits per heavy atom. The Hall–Kier alpha value is -1.41. The Balaban J connectivity index is 3.97. The van der Waals surface area contributed by atoms with Crippen molar-refractivity contribution in [3.05, 3.63) is 12.2 Å². The topological polar surface area (TPSA) is 129 Å². The summed E-state index contributed by atoms with van der Waals surface area (Å²) in [5.74, 6) is -3.39. The molecule has 0 aliphatic carbocycles. The zero-order valence-corrected chi connectivity index (χ0v) is 17.8. The fraction of sp³-hybridized carbons (Fsp3) is 0.800. The number of hydrogen-bond donors (Lipinski definition) is 3. The molecule has 0 aliphatic rings. The lowest BCUT2D eigenvalue weighted by Crippen LogP contribution is -2.48. The van der Waals surface area contributed by atoms with Crippen molar-refractivity contribution < 1.29 is 32.8 Å². The molecule has 0 amide bonds. The van der Waals surface area contributed by atoms with Gasteiger partial charge in [-0.1, -0.05) is 69.8 Å². The van der Waals surface area contributed by atoms with Gasteiger partial charge in [-0.15, -0.1) is 6.58 Å². The Morgan fingerprint density at radius 2 is 1.21 bits per heavy atom. The van der Waals surface area contributed by atoms with Crippen LogP contribution in [0.5, 0.6) is 0 Å². The predicted molar refractivity (Wildman–Crippen MR) is 109 cm³/mol. The molecule has 7 nitrogen and oxygen atoms in total. The van der Waals surface area contributed by atoms with Crippen molar-refractivity contribution >= 4 is 22.1 Å².